The predicted octanol–water partition coefficient (Wildman–Crippen LogP) is 5.41. The van der Waals surface area contributed by atoms with Crippen molar-refractivity contribution in [3.05, 3.63) is 48.2 Å². The minimum absolute atomic E-state index is 0.0718. The van der Waals surface area contributed by atoms with Crippen LogP contribution in [-0.4, -0.2) is 65.1 Å². The van der Waals surface area contributed by atoms with Crippen LogP contribution in [0.25, 0.3) is 10.9 Å². The zero-order valence-electron chi connectivity index (χ0n) is 22.6. The van der Waals surface area contributed by atoms with Crippen LogP contribution in [0, 0.1) is 0 Å². The van der Waals surface area contributed by atoms with Crippen molar-refractivity contribution in [2.45, 2.75) is 58.4 Å². The van der Waals surface area contributed by atoms with E-state index < -0.39 is 5.60 Å². The highest BCUT2D eigenvalue weighted by Gasteiger charge is 2.23. The molecular weight excluding hydrogens is 470 g/mol. The number of carbonyl (C=O) groups excluding carboxylic acids is 1. The maximum absolute atomic E-state index is 12.3. The monoisotopic (exact) mass is 509 g/mol. The summed E-state index contributed by atoms with van der Waals surface area (Å²) < 4.78 is 19.6. The summed E-state index contributed by atoms with van der Waals surface area (Å²) in [6, 6.07) is 13.4. The van der Waals surface area contributed by atoms with E-state index in [1.165, 1.54) is 0 Å². The van der Waals surface area contributed by atoms with E-state index in [0.29, 0.717) is 25.3 Å². The number of nitrogen functional groups attached to an aromatic ring is 1. The predicted molar refractivity (Wildman–Crippen MR) is 145 cm³/mol. The number of hydrogen-bond acceptors (Lipinski definition) is 7. The van der Waals surface area contributed by atoms with Crippen LogP contribution in [0.5, 0.6) is 11.5 Å². The first-order valence-electron chi connectivity index (χ1n) is 12.9. The van der Waals surface area contributed by atoms with Crippen LogP contribution in [0.3, 0.4) is 0 Å². The Balaban J connectivity index is 1.52. The zero-order valence-corrected chi connectivity index (χ0v) is 22.6. The number of carbonyl (C=O) groups is 1. The molecule has 1 fully saturated rings. The van der Waals surface area contributed by atoms with Crippen molar-refractivity contribution in [2.24, 2.45) is 0 Å². The maximum atomic E-state index is 12.3. The molecule has 1 saturated heterocycles. The number of fused-ring (bicyclic) bond motifs is 1. The van der Waals surface area contributed by atoms with Gasteiger partial charge in [-0.05, 0) is 89.5 Å². The Morgan fingerprint density at radius 3 is 2.51 bits per heavy atom. The van der Waals surface area contributed by atoms with Crippen LogP contribution in [0.2, 0.25) is 0 Å². The van der Waals surface area contributed by atoms with Gasteiger partial charge in [-0.3, -0.25) is 4.90 Å². The van der Waals surface area contributed by atoms with Gasteiger partial charge >= 0.3 is 6.09 Å². The normalized spacial score (nSPS) is 16.2. The van der Waals surface area contributed by atoms with Gasteiger partial charge in [0.25, 0.3) is 0 Å². The number of nitrogens with zero attached hydrogens (tertiary/aromatic N) is 4. The first-order chi connectivity index (χ1) is 17.6. The van der Waals surface area contributed by atoms with Gasteiger partial charge in [-0.2, -0.15) is 5.10 Å². The fraction of sp³-hybridized carbons (Fsp3) is 0.500. The summed E-state index contributed by atoms with van der Waals surface area (Å²) in [6.45, 7) is 8.18. The van der Waals surface area contributed by atoms with Crippen LogP contribution in [0.4, 0.5) is 10.5 Å². The number of anilines is 1. The average molecular weight is 510 g/mol. The van der Waals surface area contributed by atoms with Crippen molar-refractivity contribution < 1.29 is 19.0 Å². The molecule has 1 aliphatic heterocycles. The van der Waals surface area contributed by atoms with Crippen LogP contribution in [0.15, 0.2) is 42.5 Å². The first-order valence-corrected chi connectivity index (χ1v) is 12.9. The molecule has 2 heterocycles. The van der Waals surface area contributed by atoms with E-state index in [4.69, 9.17) is 25.0 Å². The topological polar surface area (TPSA) is 95.1 Å². The van der Waals surface area contributed by atoms with Crippen LogP contribution < -0.4 is 10.5 Å². The molecule has 200 valence electrons. The second kappa shape index (κ2) is 11.4. The van der Waals surface area contributed by atoms with Crippen molar-refractivity contribution in [1.82, 2.24) is 19.6 Å². The second-order valence-electron chi connectivity index (χ2n) is 10.7. The highest BCUT2D eigenvalue weighted by molar-refractivity contribution is 5.83. The number of nitrogens with two attached hydrogens (primary N) is 1. The summed E-state index contributed by atoms with van der Waals surface area (Å²) in [7, 11) is 3.78. The Kier molecular flexibility index (Phi) is 8.24. The highest BCUT2D eigenvalue weighted by atomic mass is 16.6. The third-order valence-electron chi connectivity index (χ3n) is 6.24. The Bertz CT molecular complexity index is 1200. The van der Waals surface area contributed by atoms with E-state index in [2.05, 4.69) is 4.90 Å². The minimum Gasteiger partial charge on any atom is -0.457 e. The Morgan fingerprint density at radius 2 is 1.84 bits per heavy atom. The quantitative estimate of drug-likeness (QED) is 0.406. The molecule has 0 bridgehead atoms. The third-order valence-corrected chi connectivity index (χ3v) is 6.24. The van der Waals surface area contributed by atoms with Gasteiger partial charge in [0.05, 0.1) is 11.2 Å². The smallest absolute Gasteiger partial charge is 0.410 e. The summed E-state index contributed by atoms with van der Waals surface area (Å²) in [5, 5.41) is 6.02. The summed E-state index contributed by atoms with van der Waals surface area (Å²) in [6.07, 6.45) is 2.75. The van der Waals surface area contributed by atoms with Crippen LogP contribution in [0.1, 0.15) is 52.0 Å². The average Bonchev–Trinajstić information content (AvgIpc) is 3.21. The number of ether oxygens (including phenoxy) is 3. The summed E-state index contributed by atoms with van der Waals surface area (Å²) >= 11 is 0. The molecule has 1 aliphatic rings. The molecule has 3 aromatic rings. The van der Waals surface area contributed by atoms with Crippen LogP contribution >= 0.6 is 0 Å². The molecule has 2 N–H and O–H groups in total. The molecule has 9 nitrogen and oxygen atoms in total. The van der Waals surface area contributed by atoms with Gasteiger partial charge in [-0.25, -0.2) is 9.48 Å². The van der Waals surface area contributed by atoms with Gasteiger partial charge in [0.15, 0.2) is 6.23 Å². The van der Waals surface area contributed by atoms with Crippen molar-refractivity contribution in [2.75, 3.05) is 39.5 Å². The summed E-state index contributed by atoms with van der Waals surface area (Å²) in [4.78, 5) is 16.1. The van der Waals surface area contributed by atoms with Gasteiger partial charge in [-0.1, -0.05) is 0 Å². The Morgan fingerprint density at radius 1 is 1.11 bits per heavy atom. The lowest BCUT2D eigenvalue weighted by atomic mass is 10.1. The lowest BCUT2D eigenvalue weighted by Crippen LogP contribution is -2.38. The number of likely N-dealkylation sites (N-methyl/N-ethyl adjacent to an activating group) is 2. The molecule has 0 saturated carbocycles. The molecule has 1 amide bonds. The van der Waals surface area contributed by atoms with Crippen molar-refractivity contribution in [3.63, 3.8) is 0 Å². The Labute approximate surface area is 219 Å². The molecule has 9 heteroatoms. The third kappa shape index (κ3) is 7.14. The number of amides is 1. The molecule has 37 heavy (non-hydrogen) atoms. The second-order valence-corrected chi connectivity index (χ2v) is 10.7. The number of rotatable bonds is 8. The molecule has 2 aromatic carbocycles. The first kappa shape index (κ1) is 26.8. The van der Waals surface area contributed by atoms with Crippen molar-refractivity contribution >= 4 is 22.7 Å². The van der Waals surface area contributed by atoms with Gasteiger partial charge in [-0.15, -0.1) is 0 Å². The van der Waals surface area contributed by atoms with Gasteiger partial charge in [0.2, 0.25) is 0 Å². The Hall–Kier alpha value is -3.30. The number of aromatic nitrogens is 2. The molecule has 1 aromatic heterocycles. The highest BCUT2D eigenvalue weighted by Crippen LogP contribution is 2.32. The van der Waals surface area contributed by atoms with E-state index >= 15 is 0 Å². The van der Waals surface area contributed by atoms with E-state index in [-0.39, 0.29) is 12.3 Å². The molecular formula is C28H39N5O4. The molecule has 0 unspecified atom stereocenters. The zero-order chi connectivity index (χ0) is 26.6. The maximum Gasteiger partial charge on any atom is 0.410 e. The number of hydrogen-bond donors (Lipinski definition) is 1. The molecule has 0 aliphatic carbocycles. The number of benzene rings is 2. The van der Waals surface area contributed by atoms with E-state index in [0.717, 1.165) is 54.0 Å². The van der Waals surface area contributed by atoms with Crippen LogP contribution in [-0.2, 0) is 16.0 Å². The SMILES string of the molecule is CN(CCN(C)C(=O)OC(C)(C)C)Cc1nn([C@H]2CCCCO2)c2ccc(Oc3ccc(N)cc3)cc12. The van der Waals surface area contributed by atoms with Gasteiger partial charge < -0.3 is 24.8 Å². The fourth-order valence-electron chi connectivity index (χ4n) is 4.26. The summed E-state index contributed by atoms with van der Waals surface area (Å²) in [5.74, 6) is 1.45. The van der Waals surface area contributed by atoms with Crippen molar-refractivity contribution in [3.8, 4) is 11.5 Å². The van der Waals surface area contributed by atoms with Gasteiger partial charge in [0, 0.05) is 44.4 Å². The van der Waals surface area contributed by atoms with E-state index in [1.54, 1.807) is 11.9 Å². The summed E-state index contributed by atoms with van der Waals surface area (Å²) in [5.41, 5.74) is 7.94. The standard InChI is InChI=1S/C28H39N5O4/c1-28(2,3)37-27(34)32(5)16-15-31(4)19-24-23-18-22(36-21-11-9-20(29)10-12-21)13-14-25(23)33(30-24)26-8-6-7-17-35-26/h9-14,18,26H,6-8,15-17,19,29H2,1-5H3/t26-/m1/s1. The lowest BCUT2D eigenvalue weighted by Gasteiger charge is -2.26. The van der Waals surface area contributed by atoms with Crippen molar-refractivity contribution in [1.29, 1.82) is 0 Å². The van der Waals surface area contributed by atoms with Gasteiger partial charge in [0.1, 0.15) is 17.1 Å². The largest absolute Gasteiger partial charge is 0.457 e. The van der Waals surface area contributed by atoms with E-state index in [9.17, 15) is 4.79 Å². The minimum atomic E-state index is -0.518. The lowest BCUT2D eigenvalue weighted by molar-refractivity contribution is -0.0370. The molecule has 0 spiro atoms. The fourth-order valence-corrected chi connectivity index (χ4v) is 4.26. The molecule has 1 atom stereocenters. The molecule has 4 rings (SSSR count). The van der Waals surface area contributed by atoms with E-state index in [1.807, 2.05) is 75.0 Å². The molecule has 0 radical (unpaired) electrons.